The quantitative estimate of drug-likeness (QED) is 0.145. The number of carbonyl (C=O) groups excluding carboxylic acids is 2. The van der Waals surface area contributed by atoms with E-state index in [-0.39, 0.29) is 35.5 Å². The molecule has 5 rings (SSSR count). The number of nitrogens with one attached hydrogen (secondary N) is 1. The molecule has 1 N–H and O–H groups in total. The van der Waals surface area contributed by atoms with Gasteiger partial charge >= 0.3 is 0 Å². The summed E-state index contributed by atoms with van der Waals surface area (Å²) in [6, 6.07) is 29.7. The van der Waals surface area contributed by atoms with Gasteiger partial charge in [0.2, 0.25) is 11.8 Å². The minimum atomic E-state index is -4.25. The van der Waals surface area contributed by atoms with Gasteiger partial charge in [0.05, 0.1) is 17.2 Å². The van der Waals surface area contributed by atoms with Gasteiger partial charge in [-0.3, -0.25) is 13.9 Å². The Balaban J connectivity index is 1.59. The van der Waals surface area contributed by atoms with E-state index in [1.165, 1.54) is 4.90 Å². The van der Waals surface area contributed by atoms with E-state index in [2.05, 4.69) is 21.2 Å². The largest absolute Gasteiger partial charge is 0.492 e. The summed E-state index contributed by atoms with van der Waals surface area (Å²) in [6.45, 7) is 3.57. The number of hydrogen-bond acceptors (Lipinski definition) is 5. The van der Waals surface area contributed by atoms with Crippen LogP contribution < -0.4 is 14.4 Å². The second kappa shape index (κ2) is 17.0. The average Bonchev–Trinajstić information content (AvgIpc) is 3.11. The minimum Gasteiger partial charge on any atom is -0.492 e. The van der Waals surface area contributed by atoms with Crippen LogP contribution in [0.15, 0.2) is 112 Å². The molecule has 0 unspecified atom stereocenters. The highest BCUT2D eigenvalue weighted by atomic mass is 79.9. The van der Waals surface area contributed by atoms with Crippen molar-refractivity contribution in [1.82, 2.24) is 10.2 Å². The number of sulfonamides is 1. The summed E-state index contributed by atoms with van der Waals surface area (Å²) in [5, 5.41) is 3.25. The van der Waals surface area contributed by atoms with Crippen molar-refractivity contribution in [2.45, 2.75) is 75.9 Å². The van der Waals surface area contributed by atoms with Gasteiger partial charge in [-0.1, -0.05) is 107 Å². The number of carbonyl (C=O) groups is 2. The van der Waals surface area contributed by atoms with E-state index >= 15 is 0 Å². The molecule has 4 aromatic rings. The molecule has 0 saturated heterocycles. The molecule has 0 aromatic heterocycles. The van der Waals surface area contributed by atoms with Crippen molar-refractivity contribution in [3.05, 3.63) is 124 Å². The van der Waals surface area contributed by atoms with Crippen LogP contribution in [-0.2, 0) is 32.6 Å². The lowest BCUT2D eigenvalue weighted by Crippen LogP contribution is -2.55. The Kier molecular flexibility index (Phi) is 12.5. The molecule has 0 heterocycles. The summed E-state index contributed by atoms with van der Waals surface area (Å²) >= 11 is 3.49. The Morgan fingerprint density at radius 2 is 1.51 bits per heavy atom. The number of amides is 2. The molecule has 258 valence electrons. The van der Waals surface area contributed by atoms with Gasteiger partial charge in [0.1, 0.15) is 18.3 Å². The first-order chi connectivity index (χ1) is 23.7. The van der Waals surface area contributed by atoms with Crippen LogP contribution in [0.1, 0.15) is 55.7 Å². The van der Waals surface area contributed by atoms with E-state index in [1.54, 1.807) is 48.5 Å². The summed E-state index contributed by atoms with van der Waals surface area (Å²) in [6.07, 6.45) is 5.27. The first-order valence-corrected chi connectivity index (χ1v) is 19.1. The van der Waals surface area contributed by atoms with E-state index in [0.717, 1.165) is 57.6 Å². The first kappa shape index (κ1) is 36.1. The van der Waals surface area contributed by atoms with Crippen molar-refractivity contribution in [3.8, 4) is 5.75 Å². The van der Waals surface area contributed by atoms with Crippen LogP contribution in [0.5, 0.6) is 5.75 Å². The zero-order chi connectivity index (χ0) is 34.8. The molecule has 1 aliphatic carbocycles. The number of hydrogen-bond donors (Lipinski definition) is 1. The predicted octanol–water partition coefficient (Wildman–Crippen LogP) is 7.44. The Morgan fingerprint density at radius 3 is 2.18 bits per heavy atom. The molecule has 2 amide bonds. The molecule has 0 aliphatic heterocycles. The molecule has 0 bridgehead atoms. The van der Waals surface area contributed by atoms with Crippen molar-refractivity contribution >= 4 is 43.5 Å². The Morgan fingerprint density at radius 1 is 0.857 bits per heavy atom. The molecule has 1 aliphatic rings. The van der Waals surface area contributed by atoms with Gasteiger partial charge < -0.3 is 15.0 Å². The summed E-state index contributed by atoms with van der Waals surface area (Å²) < 4.78 is 36.7. The Hall–Kier alpha value is -4.15. The number of halogens is 1. The number of nitrogens with zero attached hydrogens (tertiary/aromatic N) is 2. The molecule has 49 heavy (non-hydrogen) atoms. The lowest BCUT2D eigenvalue weighted by Gasteiger charge is -2.35. The molecule has 4 aromatic carbocycles. The zero-order valence-electron chi connectivity index (χ0n) is 28.1. The summed E-state index contributed by atoms with van der Waals surface area (Å²) in [7, 11) is -4.25. The molecule has 1 saturated carbocycles. The normalized spacial score (nSPS) is 14.1. The number of benzene rings is 4. The third-order valence-electron chi connectivity index (χ3n) is 8.81. The van der Waals surface area contributed by atoms with Crippen LogP contribution >= 0.6 is 15.9 Å². The summed E-state index contributed by atoms with van der Waals surface area (Å²) in [5.41, 5.74) is 2.85. The van der Waals surface area contributed by atoms with Crippen molar-refractivity contribution < 1.29 is 22.7 Å². The fourth-order valence-electron chi connectivity index (χ4n) is 6.18. The molecule has 0 spiro atoms. The molecule has 1 atom stereocenters. The third kappa shape index (κ3) is 9.51. The summed E-state index contributed by atoms with van der Waals surface area (Å²) in [4.78, 5) is 30.7. The maximum absolute atomic E-state index is 14.8. The van der Waals surface area contributed by atoms with Crippen LogP contribution in [0.4, 0.5) is 5.69 Å². The molecular formula is C39H44BrN3O5S. The van der Waals surface area contributed by atoms with Gasteiger partial charge in [0, 0.05) is 23.5 Å². The monoisotopic (exact) mass is 745 g/mol. The smallest absolute Gasteiger partial charge is 0.264 e. The highest BCUT2D eigenvalue weighted by Crippen LogP contribution is 2.33. The second-order valence-electron chi connectivity index (χ2n) is 12.4. The maximum atomic E-state index is 14.8. The number of aryl methyl sites for hydroxylation is 1. The van der Waals surface area contributed by atoms with Crippen molar-refractivity contribution in [2.75, 3.05) is 17.5 Å². The molecule has 1 fully saturated rings. The van der Waals surface area contributed by atoms with Crippen molar-refractivity contribution in [3.63, 3.8) is 0 Å². The fourth-order valence-corrected chi connectivity index (χ4v) is 7.87. The molecule has 0 radical (unpaired) electrons. The number of anilines is 1. The zero-order valence-corrected chi connectivity index (χ0v) is 30.5. The van der Waals surface area contributed by atoms with Crippen LogP contribution in [0.25, 0.3) is 0 Å². The van der Waals surface area contributed by atoms with Crippen LogP contribution in [-0.4, -0.2) is 50.4 Å². The second-order valence-corrected chi connectivity index (χ2v) is 15.2. The lowest BCUT2D eigenvalue weighted by atomic mass is 9.94. The minimum absolute atomic E-state index is 0.0284. The summed E-state index contributed by atoms with van der Waals surface area (Å²) in [5.74, 6) is -0.419. The fraction of sp³-hybridized carbons (Fsp3) is 0.333. The van der Waals surface area contributed by atoms with Gasteiger partial charge in [0.25, 0.3) is 10.0 Å². The lowest BCUT2D eigenvalue weighted by molar-refractivity contribution is -0.140. The maximum Gasteiger partial charge on any atom is 0.264 e. The molecule has 8 nitrogen and oxygen atoms in total. The Bertz CT molecular complexity index is 1790. The van der Waals surface area contributed by atoms with Gasteiger partial charge in [-0.15, -0.1) is 0 Å². The van der Waals surface area contributed by atoms with E-state index < -0.39 is 28.5 Å². The van der Waals surface area contributed by atoms with E-state index in [0.29, 0.717) is 12.4 Å². The van der Waals surface area contributed by atoms with E-state index in [1.807, 2.05) is 68.4 Å². The van der Waals surface area contributed by atoms with E-state index in [9.17, 15) is 18.0 Å². The molecule has 10 heteroatoms. The standard InChI is InChI=1S/C39H44BrN3O5S/c1-3-48-37-17-11-10-16-35(37)43(49(46,47)34-24-18-29(2)19-25-34)28-38(44)42(27-31-20-22-32(40)23-21-31)36(26-30-12-6-4-7-13-30)39(45)41-33-14-8-5-9-15-33/h4,6-7,10-13,16-25,33,36H,3,5,8-9,14-15,26-28H2,1-2H3,(H,41,45)/t36-/m0/s1. The van der Waals surface area contributed by atoms with Crippen LogP contribution in [0, 0.1) is 6.92 Å². The van der Waals surface area contributed by atoms with Gasteiger partial charge in [-0.2, -0.15) is 0 Å². The topological polar surface area (TPSA) is 96.0 Å². The number of para-hydroxylation sites is 2. The van der Waals surface area contributed by atoms with Gasteiger partial charge in [-0.05, 0) is 74.2 Å². The van der Waals surface area contributed by atoms with Crippen LogP contribution in [0.3, 0.4) is 0 Å². The number of ether oxygens (including phenoxy) is 1. The average molecular weight is 747 g/mol. The van der Waals surface area contributed by atoms with Crippen LogP contribution in [0.2, 0.25) is 0 Å². The third-order valence-corrected chi connectivity index (χ3v) is 11.1. The first-order valence-electron chi connectivity index (χ1n) is 16.8. The Labute approximate surface area is 298 Å². The van der Waals surface area contributed by atoms with Gasteiger partial charge in [0.15, 0.2) is 0 Å². The predicted molar refractivity (Wildman–Crippen MR) is 197 cm³/mol. The molecular weight excluding hydrogens is 702 g/mol. The van der Waals surface area contributed by atoms with Crippen molar-refractivity contribution in [2.24, 2.45) is 0 Å². The van der Waals surface area contributed by atoms with Gasteiger partial charge in [-0.25, -0.2) is 8.42 Å². The van der Waals surface area contributed by atoms with Crippen molar-refractivity contribution in [1.29, 1.82) is 0 Å². The number of rotatable bonds is 14. The SMILES string of the molecule is CCOc1ccccc1N(CC(=O)N(Cc1ccc(Br)cc1)[C@@H](Cc1ccccc1)C(=O)NC1CCCCC1)S(=O)(=O)c1ccc(C)cc1. The highest BCUT2D eigenvalue weighted by molar-refractivity contribution is 9.10. The van der Waals surface area contributed by atoms with E-state index in [4.69, 9.17) is 4.74 Å². The highest BCUT2D eigenvalue weighted by Gasteiger charge is 2.36.